The van der Waals surface area contributed by atoms with Crippen molar-refractivity contribution >= 4 is 39.1 Å². The van der Waals surface area contributed by atoms with Gasteiger partial charge in [0, 0.05) is 60.6 Å². The van der Waals surface area contributed by atoms with Gasteiger partial charge in [-0.25, -0.2) is 4.39 Å². The number of hydrogen-bond donors (Lipinski definition) is 2. The zero-order valence-electron chi connectivity index (χ0n) is 18.1. The number of rotatable bonds is 3. The summed E-state index contributed by atoms with van der Waals surface area (Å²) in [6.45, 7) is 6.03. The van der Waals surface area contributed by atoms with E-state index < -0.39 is 5.82 Å². The van der Waals surface area contributed by atoms with Crippen molar-refractivity contribution in [1.29, 1.82) is 0 Å². The molecule has 1 aliphatic rings. The molecule has 0 bridgehead atoms. The standard InChI is InChI=1S/C23H24FN7O/c1-13-10-31(11-14(2)26-13)20-5-4-18(22-17(20)6-7-25-28-22)23(32)27-16-8-15-12-30(3)29-21(15)19(24)9-16/h4-9,12-14,26H,10-11H2,1-3H3,(H,27,32). The van der Waals surface area contributed by atoms with Crippen LogP contribution < -0.4 is 15.5 Å². The molecule has 0 aliphatic carbocycles. The predicted molar refractivity (Wildman–Crippen MR) is 122 cm³/mol. The summed E-state index contributed by atoms with van der Waals surface area (Å²) < 4.78 is 16.0. The average Bonchev–Trinajstić information content (AvgIpc) is 3.13. The van der Waals surface area contributed by atoms with Gasteiger partial charge in [0.05, 0.1) is 11.8 Å². The molecule has 3 heterocycles. The van der Waals surface area contributed by atoms with Gasteiger partial charge in [-0.3, -0.25) is 9.48 Å². The molecule has 164 valence electrons. The maximum absolute atomic E-state index is 14.4. The van der Waals surface area contributed by atoms with Crippen LogP contribution >= 0.6 is 0 Å². The van der Waals surface area contributed by atoms with Gasteiger partial charge in [0.25, 0.3) is 5.91 Å². The fraction of sp³-hybridized carbons (Fsp3) is 0.304. The maximum atomic E-state index is 14.4. The number of fused-ring (bicyclic) bond motifs is 2. The third kappa shape index (κ3) is 3.64. The van der Waals surface area contributed by atoms with E-state index in [0.717, 1.165) is 24.2 Å². The molecule has 8 nitrogen and oxygen atoms in total. The highest BCUT2D eigenvalue weighted by Crippen LogP contribution is 2.30. The third-order valence-corrected chi connectivity index (χ3v) is 5.74. The molecule has 0 spiro atoms. The monoisotopic (exact) mass is 433 g/mol. The van der Waals surface area contributed by atoms with Crippen molar-refractivity contribution in [2.75, 3.05) is 23.3 Å². The molecule has 0 saturated carbocycles. The SMILES string of the molecule is CC1CN(c2ccc(C(=O)Nc3cc(F)c4nn(C)cc4c3)c3nnccc23)CC(C)N1. The van der Waals surface area contributed by atoms with Crippen molar-refractivity contribution in [2.24, 2.45) is 7.05 Å². The van der Waals surface area contributed by atoms with E-state index in [1.807, 2.05) is 12.1 Å². The number of carbonyl (C=O) groups excluding carboxylic acids is 1. The first-order chi connectivity index (χ1) is 15.4. The van der Waals surface area contributed by atoms with Gasteiger partial charge in [0.2, 0.25) is 0 Å². The van der Waals surface area contributed by atoms with Gasteiger partial charge >= 0.3 is 0 Å². The topological polar surface area (TPSA) is 88.0 Å². The first-order valence-electron chi connectivity index (χ1n) is 10.6. The maximum Gasteiger partial charge on any atom is 0.257 e. The molecule has 1 aliphatic heterocycles. The molecule has 2 atom stereocenters. The van der Waals surface area contributed by atoms with Gasteiger partial charge in [0.15, 0.2) is 5.82 Å². The van der Waals surface area contributed by atoms with E-state index in [1.54, 1.807) is 36.3 Å². The molecule has 1 fully saturated rings. The average molecular weight is 433 g/mol. The minimum Gasteiger partial charge on any atom is -0.368 e. The number of aryl methyl sites for hydroxylation is 1. The van der Waals surface area contributed by atoms with Crippen molar-refractivity contribution in [3.63, 3.8) is 0 Å². The van der Waals surface area contributed by atoms with Crippen LogP contribution in [0.15, 0.2) is 42.7 Å². The van der Waals surface area contributed by atoms with Crippen LogP contribution in [0.1, 0.15) is 24.2 Å². The number of aromatic nitrogens is 4. The Morgan fingerprint density at radius 1 is 1.16 bits per heavy atom. The number of amides is 1. The van der Waals surface area contributed by atoms with Gasteiger partial charge in [0.1, 0.15) is 11.0 Å². The molecule has 1 amide bonds. The Kier molecular flexibility index (Phi) is 4.97. The molecule has 2 aromatic carbocycles. The summed E-state index contributed by atoms with van der Waals surface area (Å²) >= 11 is 0. The summed E-state index contributed by atoms with van der Waals surface area (Å²) in [5.74, 6) is -0.855. The highest BCUT2D eigenvalue weighted by Gasteiger charge is 2.24. The largest absolute Gasteiger partial charge is 0.368 e. The van der Waals surface area contributed by atoms with Crippen molar-refractivity contribution in [3.8, 4) is 0 Å². The van der Waals surface area contributed by atoms with Crippen molar-refractivity contribution in [2.45, 2.75) is 25.9 Å². The Hall–Kier alpha value is -3.59. The van der Waals surface area contributed by atoms with E-state index in [1.165, 1.54) is 6.07 Å². The molecule has 2 unspecified atom stereocenters. The molecule has 0 radical (unpaired) electrons. The van der Waals surface area contributed by atoms with Gasteiger partial charge in [-0.05, 0) is 44.2 Å². The number of piperazine rings is 1. The van der Waals surface area contributed by atoms with Gasteiger partial charge in [-0.1, -0.05) is 0 Å². The smallest absolute Gasteiger partial charge is 0.257 e. The molecular weight excluding hydrogens is 409 g/mol. The molecule has 4 aromatic rings. The molecule has 1 saturated heterocycles. The van der Waals surface area contributed by atoms with Crippen LogP contribution in [0, 0.1) is 5.82 Å². The van der Waals surface area contributed by atoms with Crippen LogP contribution in [-0.4, -0.2) is 51.1 Å². The molecule has 5 rings (SSSR count). The second-order valence-corrected chi connectivity index (χ2v) is 8.45. The summed E-state index contributed by atoms with van der Waals surface area (Å²) in [5.41, 5.74) is 2.56. The van der Waals surface area contributed by atoms with Crippen LogP contribution in [0.5, 0.6) is 0 Å². The van der Waals surface area contributed by atoms with Gasteiger partial charge in [-0.15, -0.1) is 5.10 Å². The van der Waals surface area contributed by atoms with Crippen molar-refractivity contribution in [3.05, 3.63) is 54.1 Å². The zero-order valence-corrected chi connectivity index (χ0v) is 18.1. The number of anilines is 2. The van der Waals surface area contributed by atoms with Crippen LogP contribution in [-0.2, 0) is 7.05 Å². The highest BCUT2D eigenvalue weighted by molar-refractivity contribution is 6.14. The zero-order chi connectivity index (χ0) is 22.4. The van der Waals surface area contributed by atoms with E-state index >= 15 is 0 Å². The minimum atomic E-state index is -0.486. The lowest BCUT2D eigenvalue weighted by atomic mass is 10.0. The second kappa shape index (κ2) is 7.83. The van der Waals surface area contributed by atoms with Crippen molar-refractivity contribution in [1.82, 2.24) is 25.3 Å². The lowest BCUT2D eigenvalue weighted by Gasteiger charge is -2.38. The minimum absolute atomic E-state index is 0.269. The van der Waals surface area contributed by atoms with E-state index in [-0.39, 0.29) is 11.4 Å². The Labute approximate surface area is 184 Å². The summed E-state index contributed by atoms with van der Waals surface area (Å²) in [4.78, 5) is 15.4. The number of nitrogens with zero attached hydrogens (tertiary/aromatic N) is 5. The predicted octanol–water partition coefficient (Wildman–Crippen LogP) is 3.09. The number of carbonyl (C=O) groups is 1. The first-order valence-corrected chi connectivity index (χ1v) is 10.6. The molecule has 32 heavy (non-hydrogen) atoms. The van der Waals surface area contributed by atoms with E-state index in [9.17, 15) is 9.18 Å². The van der Waals surface area contributed by atoms with Crippen LogP contribution in [0.25, 0.3) is 21.8 Å². The van der Waals surface area contributed by atoms with Crippen LogP contribution in [0.2, 0.25) is 0 Å². The second-order valence-electron chi connectivity index (χ2n) is 8.45. The summed E-state index contributed by atoms with van der Waals surface area (Å²) in [6.07, 6.45) is 3.34. The summed E-state index contributed by atoms with van der Waals surface area (Å²) in [7, 11) is 1.73. The number of halogens is 1. The Bertz CT molecular complexity index is 1320. The lowest BCUT2D eigenvalue weighted by Crippen LogP contribution is -2.54. The fourth-order valence-corrected chi connectivity index (χ4v) is 4.53. The van der Waals surface area contributed by atoms with E-state index in [4.69, 9.17) is 0 Å². The Morgan fingerprint density at radius 2 is 1.94 bits per heavy atom. The van der Waals surface area contributed by atoms with Crippen molar-refractivity contribution < 1.29 is 9.18 Å². The fourth-order valence-electron chi connectivity index (χ4n) is 4.53. The number of benzene rings is 2. The molecular formula is C23H24FN7O. The van der Waals surface area contributed by atoms with E-state index in [0.29, 0.717) is 34.2 Å². The lowest BCUT2D eigenvalue weighted by molar-refractivity contribution is 0.102. The Balaban J connectivity index is 1.50. The first kappa shape index (κ1) is 20.3. The van der Waals surface area contributed by atoms with Crippen LogP contribution in [0.4, 0.5) is 15.8 Å². The molecule has 2 aromatic heterocycles. The van der Waals surface area contributed by atoms with Gasteiger partial charge in [-0.2, -0.15) is 10.2 Å². The Morgan fingerprint density at radius 3 is 2.72 bits per heavy atom. The number of hydrogen-bond acceptors (Lipinski definition) is 6. The highest BCUT2D eigenvalue weighted by atomic mass is 19.1. The molecule has 9 heteroatoms. The van der Waals surface area contributed by atoms with E-state index in [2.05, 4.69) is 44.7 Å². The molecule has 2 N–H and O–H groups in total. The summed E-state index contributed by atoms with van der Waals surface area (Å²) in [5, 5.41) is 20.2. The normalized spacial score (nSPS) is 18.9. The quantitative estimate of drug-likeness (QED) is 0.516. The van der Waals surface area contributed by atoms with Gasteiger partial charge < -0.3 is 15.5 Å². The summed E-state index contributed by atoms with van der Waals surface area (Å²) in [6, 6.07) is 9.28. The number of nitrogens with one attached hydrogen (secondary N) is 2. The third-order valence-electron chi connectivity index (χ3n) is 5.74. The van der Waals surface area contributed by atoms with Crippen LogP contribution in [0.3, 0.4) is 0 Å².